The molecule has 0 aromatic heterocycles. The van der Waals surface area contributed by atoms with Gasteiger partial charge in [0.1, 0.15) is 0 Å². The van der Waals surface area contributed by atoms with E-state index in [2.05, 4.69) is 36.1 Å². The van der Waals surface area contributed by atoms with Crippen LogP contribution in [0.1, 0.15) is 18.4 Å². The van der Waals surface area contributed by atoms with Crippen molar-refractivity contribution in [2.45, 2.75) is 25.3 Å². The fraction of sp³-hybridized carbons (Fsp3) is 0.538. The first-order valence-electron chi connectivity index (χ1n) is 5.84. The summed E-state index contributed by atoms with van der Waals surface area (Å²) in [5, 5.41) is 9.32. The molecule has 16 heavy (non-hydrogen) atoms. The van der Waals surface area contributed by atoms with Crippen LogP contribution >= 0.6 is 0 Å². The summed E-state index contributed by atoms with van der Waals surface area (Å²) in [4.78, 5) is 2.27. The maximum absolute atomic E-state index is 9.32. The van der Waals surface area contributed by atoms with Crippen LogP contribution in [0, 0.1) is 6.92 Å². The van der Waals surface area contributed by atoms with E-state index < -0.39 is 5.54 Å². The Kier molecular flexibility index (Phi) is 3.17. The van der Waals surface area contributed by atoms with Crippen LogP contribution in [0.2, 0.25) is 0 Å². The smallest absolute Gasteiger partial charge is 0.0628 e. The lowest BCUT2D eigenvalue weighted by Crippen LogP contribution is -2.56. The zero-order chi connectivity index (χ0) is 11.6. The highest BCUT2D eigenvalue weighted by atomic mass is 16.3. The lowest BCUT2D eigenvalue weighted by Gasteiger charge is -2.40. The zero-order valence-electron chi connectivity index (χ0n) is 9.82. The van der Waals surface area contributed by atoms with Gasteiger partial charge in [0.2, 0.25) is 0 Å². The number of aliphatic hydroxyl groups is 1. The quantitative estimate of drug-likeness (QED) is 0.789. The monoisotopic (exact) mass is 220 g/mol. The standard InChI is InChI=1S/C13H20N2O/c1-11-4-2-5-12(8-11)15-7-3-6-13(14,9-15)10-16/h2,4-5,8,16H,3,6-7,9-10,14H2,1H3. The van der Waals surface area contributed by atoms with Gasteiger partial charge in [-0.1, -0.05) is 12.1 Å². The SMILES string of the molecule is Cc1cccc(N2CCCC(N)(CO)C2)c1. The molecule has 0 aliphatic carbocycles. The first-order chi connectivity index (χ1) is 7.63. The van der Waals surface area contributed by atoms with Gasteiger partial charge in [-0.2, -0.15) is 0 Å². The van der Waals surface area contributed by atoms with Gasteiger partial charge in [0.25, 0.3) is 0 Å². The molecule has 1 aliphatic heterocycles. The topological polar surface area (TPSA) is 49.5 Å². The van der Waals surface area contributed by atoms with Crippen LogP contribution in [0.4, 0.5) is 5.69 Å². The van der Waals surface area contributed by atoms with Gasteiger partial charge in [-0.15, -0.1) is 0 Å². The number of rotatable bonds is 2. The van der Waals surface area contributed by atoms with Crippen LogP contribution in [0.25, 0.3) is 0 Å². The normalized spacial score (nSPS) is 25.8. The third-order valence-electron chi connectivity index (χ3n) is 3.29. The number of nitrogens with zero attached hydrogens (tertiary/aromatic N) is 1. The number of aryl methyl sites for hydroxylation is 1. The molecular formula is C13H20N2O. The molecule has 0 saturated carbocycles. The molecule has 3 heteroatoms. The van der Waals surface area contributed by atoms with Crippen LogP contribution < -0.4 is 10.6 Å². The Balaban J connectivity index is 2.16. The van der Waals surface area contributed by atoms with Crippen molar-refractivity contribution in [3.8, 4) is 0 Å². The van der Waals surface area contributed by atoms with Crippen molar-refractivity contribution in [2.24, 2.45) is 5.73 Å². The van der Waals surface area contributed by atoms with E-state index in [4.69, 9.17) is 5.73 Å². The molecule has 1 fully saturated rings. The molecule has 3 N–H and O–H groups in total. The first kappa shape index (κ1) is 11.4. The predicted molar refractivity (Wildman–Crippen MR) is 66.6 cm³/mol. The highest BCUT2D eigenvalue weighted by Gasteiger charge is 2.30. The van der Waals surface area contributed by atoms with Gasteiger partial charge in [-0.05, 0) is 37.5 Å². The molecule has 3 nitrogen and oxygen atoms in total. The van der Waals surface area contributed by atoms with Crippen LogP contribution in [-0.4, -0.2) is 30.3 Å². The molecule has 2 rings (SSSR count). The summed E-state index contributed by atoms with van der Waals surface area (Å²) in [6, 6.07) is 8.44. The van der Waals surface area contributed by atoms with Gasteiger partial charge in [-0.3, -0.25) is 0 Å². The van der Waals surface area contributed by atoms with Crippen LogP contribution in [0.5, 0.6) is 0 Å². The Bertz CT molecular complexity index is 367. The second-order valence-electron chi connectivity index (χ2n) is 4.88. The molecule has 1 heterocycles. The van der Waals surface area contributed by atoms with Crippen molar-refractivity contribution in [2.75, 3.05) is 24.6 Å². The van der Waals surface area contributed by atoms with Gasteiger partial charge in [0.05, 0.1) is 12.1 Å². The van der Waals surface area contributed by atoms with Crippen molar-refractivity contribution in [3.05, 3.63) is 29.8 Å². The Morgan fingerprint density at radius 1 is 1.50 bits per heavy atom. The van der Waals surface area contributed by atoms with E-state index in [1.54, 1.807) is 0 Å². The minimum Gasteiger partial charge on any atom is -0.394 e. The fourth-order valence-electron chi connectivity index (χ4n) is 2.33. The first-order valence-corrected chi connectivity index (χ1v) is 5.84. The lowest BCUT2D eigenvalue weighted by molar-refractivity contribution is 0.177. The average Bonchev–Trinajstić information content (AvgIpc) is 2.29. The molecule has 0 spiro atoms. The van der Waals surface area contributed by atoms with E-state index in [0.717, 1.165) is 25.9 Å². The van der Waals surface area contributed by atoms with E-state index in [1.165, 1.54) is 11.3 Å². The van der Waals surface area contributed by atoms with Crippen molar-refractivity contribution >= 4 is 5.69 Å². The van der Waals surface area contributed by atoms with Gasteiger partial charge >= 0.3 is 0 Å². The molecule has 0 amide bonds. The Labute approximate surface area is 96.9 Å². The van der Waals surface area contributed by atoms with Crippen LogP contribution in [0.3, 0.4) is 0 Å². The summed E-state index contributed by atoms with van der Waals surface area (Å²) in [6.45, 7) is 3.93. The van der Waals surface area contributed by atoms with Crippen molar-refractivity contribution in [3.63, 3.8) is 0 Å². The molecule has 1 saturated heterocycles. The summed E-state index contributed by atoms with van der Waals surface area (Å²) in [5.41, 5.74) is 8.17. The molecule has 1 unspecified atom stereocenters. The number of anilines is 1. The van der Waals surface area contributed by atoms with Crippen LogP contribution in [0.15, 0.2) is 24.3 Å². The minimum absolute atomic E-state index is 0.0648. The van der Waals surface area contributed by atoms with E-state index >= 15 is 0 Å². The molecule has 1 atom stereocenters. The van der Waals surface area contributed by atoms with Gasteiger partial charge < -0.3 is 15.7 Å². The summed E-state index contributed by atoms with van der Waals surface area (Å²) in [5.74, 6) is 0. The second-order valence-corrected chi connectivity index (χ2v) is 4.88. The third-order valence-corrected chi connectivity index (χ3v) is 3.29. The van der Waals surface area contributed by atoms with Crippen molar-refractivity contribution in [1.82, 2.24) is 0 Å². The largest absolute Gasteiger partial charge is 0.394 e. The zero-order valence-corrected chi connectivity index (χ0v) is 9.82. The summed E-state index contributed by atoms with van der Waals surface area (Å²) in [7, 11) is 0. The van der Waals surface area contributed by atoms with E-state index in [-0.39, 0.29) is 6.61 Å². The van der Waals surface area contributed by atoms with Gasteiger partial charge in [0.15, 0.2) is 0 Å². The summed E-state index contributed by atoms with van der Waals surface area (Å²) >= 11 is 0. The number of hydrogen-bond donors (Lipinski definition) is 2. The highest BCUT2D eigenvalue weighted by Crippen LogP contribution is 2.24. The van der Waals surface area contributed by atoms with Crippen LogP contribution in [-0.2, 0) is 0 Å². The maximum Gasteiger partial charge on any atom is 0.0628 e. The Morgan fingerprint density at radius 3 is 3.00 bits per heavy atom. The van der Waals surface area contributed by atoms with Gasteiger partial charge in [0, 0.05) is 18.8 Å². The molecule has 0 radical (unpaired) electrons. The summed E-state index contributed by atoms with van der Waals surface area (Å²) in [6.07, 6.45) is 1.96. The minimum atomic E-state index is -0.429. The highest BCUT2D eigenvalue weighted by molar-refractivity contribution is 5.49. The van der Waals surface area contributed by atoms with Crippen molar-refractivity contribution < 1.29 is 5.11 Å². The van der Waals surface area contributed by atoms with E-state index in [1.807, 2.05) is 0 Å². The predicted octanol–water partition coefficient (Wildman–Crippen LogP) is 1.29. The second kappa shape index (κ2) is 4.44. The lowest BCUT2D eigenvalue weighted by atomic mass is 9.90. The number of aliphatic hydroxyl groups excluding tert-OH is 1. The number of benzene rings is 1. The number of nitrogens with two attached hydrogens (primary N) is 1. The Morgan fingerprint density at radius 2 is 2.31 bits per heavy atom. The molecule has 1 aromatic carbocycles. The van der Waals surface area contributed by atoms with Gasteiger partial charge in [-0.25, -0.2) is 0 Å². The number of hydrogen-bond acceptors (Lipinski definition) is 3. The maximum atomic E-state index is 9.32. The molecule has 1 aromatic rings. The van der Waals surface area contributed by atoms with E-state index in [9.17, 15) is 5.11 Å². The third kappa shape index (κ3) is 2.36. The molecular weight excluding hydrogens is 200 g/mol. The van der Waals surface area contributed by atoms with E-state index in [0.29, 0.717) is 0 Å². The average molecular weight is 220 g/mol. The molecule has 0 bridgehead atoms. The molecule has 1 aliphatic rings. The summed E-state index contributed by atoms with van der Waals surface area (Å²) < 4.78 is 0. The number of piperidine rings is 1. The molecule has 88 valence electrons. The Hall–Kier alpha value is -1.06. The van der Waals surface area contributed by atoms with Crippen molar-refractivity contribution in [1.29, 1.82) is 0 Å². The fourth-order valence-corrected chi connectivity index (χ4v) is 2.33.